The standard InChI is InChI=1S/C20H25N3O3S/c1-4-11-26-17-8-5-15(6-9-17)13-21-20(27)23-22-14-16-7-10-18(24-2)19(12-16)25-3/h5-10,12,14H,4,11,13H2,1-3H3,(H2,21,23,27)/b22-14-. The molecule has 0 aliphatic rings. The second-order valence-electron chi connectivity index (χ2n) is 5.66. The van der Waals surface area contributed by atoms with E-state index in [2.05, 4.69) is 22.8 Å². The first-order valence-electron chi connectivity index (χ1n) is 8.67. The summed E-state index contributed by atoms with van der Waals surface area (Å²) >= 11 is 5.23. The minimum absolute atomic E-state index is 0.443. The molecule has 0 aromatic heterocycles. The molecular formula is C20H25N3O3S. The molecular weight excluding hydrogens is 362 g/mol. The van der Waals surface area contributed by atoms with Crippen LogP contribution < -0.4 is 25.0 Å². The van der Waals surface area contributed by atoms with E-state index in [0.29, 0.717) is 23.2 Å². The van der Waals surface area contributed by atoms with Crippen molar-refractivity contribution in [3.63, 3.8) is 0 Å². The first-order chi connectivity index (χ1) is 13.2. The van der Waals surface area contributed by atoms with Crippen molar-refractivity contribution in [2.75, 3.05) is 20.8 Å². The van der Waals surface area contributed by atoms with Gasteiger partial charge in [0.25, 0.3) is 0 Å². The topological polar surface area (TPSA) is 64.1 Å². The molecule has 0 aliphatic heterocycles. The summed E-state index contributed by atoms with van der Waals surface area (Å²) in [6.45, 7) is 3.41. The van der Waals surface area contributed by atoms with Gasteiger partial charge in [-0.25, -0.2) is 0 Å². The van der Waals surface area contributed by atoms with E-state index in [9.17, 15) is 0 Å². The highest BCUT2D eigenvalue weighted by Crippen LogP contribution is 2.26. The van der Waals surface area contributed by atoms with Gasteiger partial charge in [-0.15, -0.1) is 0 Å². The Kier molecular flexibility index (Phi) is 8.38. The van der Waals surface area contributed by atoms with Crippen molar-refractivity contribution in [3.05, 3.63) is 53.6 Å². The third-order valence-electron chi connectivity index (χ3n) is 3.64. The minimum Gasteiger partial charge on any atom is -0.494 e. The molecule has 6 nitrogen and oxygen atoms in total. The molecule has 144 valence electrons. The Balaban J connectivity index is 1.79. The van der Waals surface area contributed by atoms with Gasteiger partial charge in [0.1, 0.15) is 5.75 Å². The first-order valence-corrected chi connectivity index (χ1v) is 9.07. The van der Waals surface area contributed by atoms with Gasteiger partial charge in [-0.2, -0.15) is 5.10 Å². The SMILES string of the molecule is CCCOc1ccc(CNC(=S)N/N=C\c2ccc(OC)c(OC)c2)cc1. The van der Waals surface area contributed by atoms with Gasteiger partial charge in [0.2, 0.25) is 0 Å². The van der Waals surface area contributed by atoms with Crippen LogP contribution in [-0.2, 0) is 6.54 Å². The highest BCUT2D eigenvalue weighted by atomic mass is 32.1. The molecule has 0 radical (unpaired) electrons. The second kappa shape index (κ2) is 11.0. The maximum Gasteiger partial charge on any atom is 0.187 e. The van der Waals surface area contributed by atoms with Crippen molar-refractivity contribution < 1.29 is 14.2 Å². The molecule has 0 unspecified atom stereocenters. The van der Waals surface area contributed by atoms with Crippen molar-refractivity contribution in [1.82, 2.24) is 10.7 Å². The van der Waals surface area contributed by atoms with Crippen LogP contribution in [0.1, 0.15) is 24.5 Å². The number of thiocarbonyl (C=S) groups is 1. The van der Waals surface area contributed by atoms with E-state index in [-0.39, 0.29) is 0 Å². The van der Waals surface area contributed by atoms with Gasteiger partial charge in [-0.05, 0) is 60.1 Å². The van der Waals surface area contributed by atoms with Crippen LogP contribution in [0.25, 0.3) is 0 Å². The second-order valence-corrected chi connectivity index (χ2v) is 6.07. The smallest absolute Gasteiger partial charge is 0.187 e. The molecule has 27 heavy (non-hydrogen) atoms. The fraction of sp³-hybridized carbons (Fsp3) is 0.300. The summed E-state index contributed by atoms with van der Waals surface area (Å²) in [6.07, 6.45) is 2.66. The lowest BCUT2D eigenvalue weighted by atomic mass is 10.2. The molecule has 0 aliphatic carbocycles. The van der Waals surface area contributed by atoms with Crippen LogP contribution in [-0.4, -0.2) is 32.2 Å². The Bertz CT molecular complexity index is 764. The Labute approximate surface area is 165 Å². The number of benzene rings is 2. The summed E-state index contributed by atoms with van der Waals surface area (Å²) in [7, 11) is 3.20. The Morgan fingerprint density at radius 2 is 1.81 bits per heavy atom. The Morgan fingerprint density at radius 1 is 1.07 bits per heavy atom. The summed E-state index contributed by atoms with van der Waals surface area (Å²) in [6, 6.07) is 13.5. The minimum atomic E-state index is 0.443. The molecule has 0 bridgehead atoms. The van der Waals surface area contributed by atoms with Gasteiger partial charge in [-0.3, -0.25) is 5.43 Å². The Hall–Kier alpha value is -2.80. The predicted octanol–water partition coefficient (Wildman–Crippen LogP) is 3.49. The van der Waals surface area contributed by atoms with E-state index in [0.717, 1.165) is 29.9 Å². The van der Waals surface area contributed by atoms with Crippen LogP contribution in [0.5, 0.6) is 17.2 Å². The van der Waals surface area contributed by atoms with E-state index < -0.39 is 0 Å². The summed E-state index contributed by atoms with van der Waals surface area (Å²) in [5, 5.41) is 7.69. The average molecular weight is 388 g/mol. The highest BCUT2D eigenvalue weighted by molar-refractivity contribution is 7.80. The number of hydrazone groups is 1. The molecule has 0 saturated carbocycles. The number of rotatable bonds is 9. The first kappa shape index (κ1) is 20.5. The zero-order chi connectivity index (χ0) is 19.5. The van der Waals surface area contributed by atoms with Gasteiger partial charge in [-0.1, -0.05) is 19.1 Å². The molecule has 7 heteroatoms. The number of nitrogens with one attached hydrogen (secondary N) is 2. The number of hydrogen-bond donors (Lipinski definition) is 2. The molecule has 0 saturated heterocycles. The molecule has 0 heterocycles. The Morgan fingerprint density at radius 3 is 2.48 bits per heavy atom. The van der Waals surface area contributed by atoms with Crippen LogP contribution in [0.15, 0.2) is 47.6 Å². The van der Waals surface area contributed by atoms with Crippen LogP contribution in [0.2, 0.25) is 0 Å². The van der Waals surface area contributed by atoms with Crippen molar-refractivity contribution in [3.8, 4) is 17.2 Å². The highest BCUT2D eigenvalue weighted by Gasteiger charge is 2.03. The lowest BCUT2D eigenvalue weighted by Crippen LogP contribution is -2.31. The molecule has 0 atom stereocenters. The van der Waals surface area contributed by atoms with E-state index in [1.807, 2.05) is 42.5 Å². The molecule has 0 amide bonds. The van der Waals surface area contributed by atoms with Crippen LogP contribution >= 0.6 is 12.2 Å². The zero-order valence-corrected chi connectivity index (χ0v) is 16.6. The van der Waals surface area contributed by atoms with Gasteiger partial charge < -0.3 is 19.5 Å². The fourth-order valence-corrected chi connectivity index (χ4v) is 2.37. The van der Waals surface area contributed by atoms with E-state index >= 15 is 0 Å². The van der Waals surface area contributed by atoms with E-state index in [1.54, 1.807) is 20.4 Å². The van der Waals surface area contributed by atoms with Crippen molar-refractivity contribution >= 4 is 23.5 Å². The van der Waals surface area contributed by atoms with Crippen molar-refractivity contribution in [2.24, 2.45) is 5.10 Å². The fourth-order valence-electron chi connectivity index (χ4n) is 2.24. The van der Waals surface area contributed by atoms with Gasteiger partial charge >= 0.3 is 0 Å². The lowest BCUT2D eigenvalue weighted by Gasteiger charge is -2.09. The van der Waals surface area contributed by atoms with Crippen LogP contribution in [0, 0.1) is 0 Å². The van der Waals surface area contributed by atoms with Gasteiger partial charge in [0.15, 0.2) is 16.6 Å². The number of ether oxygens (including phenoxy) is 3. The molecule has 2 aromatic carbocycles. The van der Waals surface area contributed by atoms with Crippen molar-refractivity contribution in [1.29, 1.82) is 0 Å². The summed E-state index contributed by atoms with van der Waals surface area (Å²) in [5.74, 6) is 2.19. The van der Waals surface area contributed by atoms with E-state index in [1.165, 1.54) is 0 Å². The summed E-state index contributed by atoms with van der Waals surface area (Å²) in [5.41, 5.74) is 4.77. The normalized spacial score (nSPS) is 10.5. The van der Waals surface area contributed by atoms with Crippen molar-refractivity contribution in [2.45, 2.75) is 19.9 Å². The molecule has 0 fully saturated rings. The maximum atomic E-state index is 5.57. The third kappa shape index (κ3) is 6.79. The summed E-state index contributed by atoms with van der Waals surface area (Å²) < 4.78 is 16.0. The number of hydrogen-bond acceptors (Lipinski definition) is 5. The van der Waals surface area contributed by atoms with E-state index in [4.69, 9.17) is 26.4 Å². The molecule has 0 spiro atoms. The largest absolute Gasteiger partial charge is 0.494 e. The lowest BCUT2D eigenvalue weighted by molar-refractivity contribution is 0.317. The monoisotopic (exact) mass is 387 g/mol. The summed E-state index contributed by atoms with van der Waals surface area (Å²) in [4.78, 5) is 0. The maximum absolute atomic E-state index is 5.57. The third-order valence-corrected chi connectivity index (χ3v) is 3.87. The quantitative estimate of drug-likeness (QED) is 0.390. The predicted molar refractivity (Wildman–Crippen MR) is 112 cm³/mol. The number of methoxy groups -OCH3 is 2. The molecule has 2 N–H and O–H groups in total. The zero-order valence-electron chi connectivity index (χ0n) is 15.8. The van der Waals surface area contributed by atoms with Gasteiger partial charge in [0.05, 0.1) is 27.0 Å². The number of nitrogens with zero attached hydrogens (tertiary/aromatic N) is 1. The van der Waals surface area contributed by atoms with Gasteiger partial charge in [0, 0.05) is 6.54 Å². The van der Waals surface area contributed by atoms with Crippen LogP contribution in [0.4, 0.5) is 0 Å². The molecule has 2 rings (SSSR count). The molecule has 2 aromatic rings. The average Bonchev–Trinajstić information content (AvgIpc) is 2.71. The van der Waals surface area contributed by atoms with Crippen LogP contribution in [0.3, 0.4) is 0 Å².